The first-order valence-corrected chi connectivity index (χ1v) is 7.29. The summed E-state index contributed by atoms with van der Waals surface area (Å²) < 4.78 is 5.81. The molecule has 0 atom stereocenters. The molecule has 106 valence electrons. The average Bonchev–Trinajstić information content (AvgIpc) is 2.58. The maximum Gasteiger partial charge on any atom is 0.196 e. The maximum absolute atomic E-state index is 12.7. The van der Waals surface area contributed by atoms with Crippen molar-refractivity contribution in [2.45, 2.75) is 6.42 Å². The smallest absolute Gasteiger partial charge is 0.196 e. The van der Waals surface area contributed by atoms with Crippen LogP contribution in [0.3, 0.4) is 0 Å². The van der Waals surface area contributed by atoms with Gasteiger partial charge in [0.1, 0.15) is 5.58 Å². The number of hydrogen-bond acceptors (Lipinski definition) is 2. The number of hydrogen-bond donors (Lipinski definition) is 0. The zero-order chi connectivity index (χ0) is 14.9. The first kappa shape index (κ1) is 12.8. The molecule has 0 aliphatic carbocycles. The van der Waals surface area contributed by atoms with E-state index >= 15 is 0 Å². The zero-order valence-corrected chi connectivity index (χ0v) is 12.0. The summed E-state index contributed by atoms with van der Waals surface area (Å²) >= 11 is 0. The molecule has 0 spiro atoms. The summed E-state index contributed by atoms with van der Waals surface area (Å²) in [7, 11) is 0. The zero-order valence-electron chi connectivity index (χ0n) is 12.0. The second kappa shape index (κ2) is 5.15. The van der Waals surface area contributed by atoms with Gasteiger partial charge in [0.2, 0.25) is 0 Å². The molecule has 2 heteroatoms. The number of fused-ring (bicyclic) bond motifs is 3. The normalized spacial score (nSPS) is 11.1. The molecule has 0 radical (unpaired) electrons. The van der Waals surface area contributed by atoms with Gasteiger partial charge in [-0.25, -0.2) is 0 Å². The van der Waals surface area contributed by atoms with Crippen molar-refractivity contribution in [3.63, 3.8) is 0 Å². The molecule has 1 heterocycles. The Morgan fingerprint density at radius 3 is 2.41 bits per heavy atom. The summed E-state index contributed by atoms with van der Waals surface area (Å²) in [4.78, 5) is 12.7. The van der Waals surface area contributed by atoms with Crippen LogP contribution < -0.4 is 5.43 Å². The van der Waals surface area contributed by atoms with Crippen molar-refractivity contribution in [1.29, 1.82) is 0 Å². The molecular weight excluding hydrogens is 272 g/mol. The van der Waals surface area contributed by atoms with Gasteiger partial charge in [-0.1, -0.05) is 60.7 Å². The van der Waals surface area contributed by atoms with Crippen LogP contribution in [0.5, 0.6) is 0 Å². The molecule has 22 heavy (non-hydrogen) atoms. The Labute approximate surface area is 127 Å². The molecule has 0 aliphatic rings. The van der Waals surface area contributed by atoms with Gasteiger partial charge >= 0.3 is 0 Å². The Hall–Kier alpha value is -2.87. The lowest BCUT2D eigenvalue weighted by Gasteiger charge is -2.05. The monoisotopic (exact) mass is 286 g/mol. The summed E-state index contributed by atoms with van der Waals surface area (Å²) in [5.41, 5.74) is 2.51. The van der Waals surface area contributed by atoms with Crippen molar-refractivity contribution in [3.8, 4) is 0 Å². The summed E-state index contributed by atoms with van der Waals surface area (Å²) in [5, 5.41) is 2.70. The molecule has 0 bridgehead atoms. The summed E-state index contributed by atoms with van der Waals surface area (Å²) in [5.74, 6) is 0. The van der Waals surface area contributed by atoms with Gasteiger partial charge < -0.3 is 4.42 Å². The minimum atomic E-state index is 0.0517. The van der Waals surface area contributed by atoms with Gasteiger partial charge in [0, 0.05) is 17.4 Å². The first-order valence-electron chi connectivity index (χ1n) is 7.29. The minimum absolute atomic E-state index is 0.0517. The van der Waals surface area contributed by atoms with Crippen LogP contribution in [-0.4, -0.2) is 0 Å². The molecule has 0 N–H and O–H groups in total. The van der Waals surface area contributed by atoms with E-state index in [9.17, 15) is 4.79 Å². The Morgan fingerprint density at radius 2 is 1.55 bits per heavy atom. The van der Waals surface area contributed by atoms with Crippen LogP contribution in [0.15, 0.2) is 82.2 Å². The fraction of sp³-hybridized carbons (Fsp3) is 0.0500. The molecule has 3 aromatic carbocycles. The standard InChI is InChI=1S/C20H14O2/c21-19-16(12-14-6-2-1-3-7-14)13-22-20-17-9-5-4-8-15(17)10-11-18(19)20/h1-11,13H,12H2. The van der Waals surface area contributed by atoms with Crippen molar-refractivity contribution in [3.05, 3.63) is 94.3 Å². The third kappa shape index (κ3) is 2.09. The van der Waals surface area contributed by atoms with E-state index < -0.39 is 0 Å². The van der Waals surface area contributed by atoms with Crippen molar-refractivity contribution < 1.29 is 4.42 Å². The topological polar surface area (TPSA) is 30.2 Å². The lowest BCUT2D eigenvalue weighted by Crippen LogP contribution is -2.09. The Kier molecular flexibility index (Phi) is 3.01. The van der Waals surface area contributed by atoms with Crippen molar-refractivity contribution in [1.82, 2.24) is 0 Å². The van der Waals surface area contributed by atoms with Crippen LogP contribution in [0.1, 0.15) is 11.1 Å². The van der Waals surface area contributed by atoms with Crippen LogP contribution in [0.4, 0.5) is 0 Å². The van der Waals surface area contributed by atoms with Gasteiger partial charge in [-0.05, 0) is 17.0 Å². The molecule has 2 nitrogen and oxygen atoms in total. The second-order valence-corrected chi connectivity index (χ2v) is 5.42. The molecular formula is C20H14O2. The van der Waals surface area contributed by atoms with Crippen molar-refractivity contribution in [2.24, 2.45) is 0 Å². The van der Waals surface area contributed by atoms with E-state index in [2.05, 4.69) is 0 Å². The van der Waals surface area contributed by atoms with E-state index in [1.807, 2.05) is 66.7 Å². The third-order valence-corrected chi connectivity index (χ3v) is 3.97. The van der Waals surface area contributed by atoms with Gasteiger partial charge in [-0.15, -0.1) is 0 Å². The minimum Gasteiger partial charge on any atom is -0.463 e. The molecule has 1 aromatic heterocycles. The third-order valence-electron chi connectivity index (χ3n) is 3.97. The summed E-state index contributed by atoms with van der Waals surface area (Å²) in [6.07, 6.45) is 2.19. The van der Waals surface area contributed by atoms with E-state index in [0.717, 1.165) is 16.3 Å². The van der Waals surface area contributed by atoms with E-state index in [1.54, 1.807) is 6.26 Å². The van der Waals surface area contributed by atoms with Gasteiger partial charge in [0.05, 0.1) is 11.6 Å². The Bertz CT molecular complexity index is 1010. The highest BCUT2D eigenvalue weighted by Crippen LogP contribution is 2.24. The Balaban J connectivity index is 1.91. The molecule has 0 saturated heterocycles. The largest absolute Gasteiger partial charge is 0.463 e. The molecule has 0 aliphatic heterocycles. The van der Waals surface area contributed by atoms with E-state index in [1.165, 1.54) is 0 Å². The van der Waals surface area contributed by atoms with E-state index in [-0.39, 0.29) is 5.43 Å². The number of benzene rings is 3. The van der Waals surface area contributed by atoms with Gasteiger partial charge in [0.25, 0.3) is 0 Å². The molecule has 4 rings (SSSR count). The van der Waals surface area contributed by atoms with Crippen molar-refractivity contribution in [2.75, 3.05) is 0 Å². The summed E-state index contributed by atoms with van der Waals surface area (Å²) in [6.45, 7) is 0. The fourth-order valence-corrected chi connectivity index (χ4v) is 2.84. The average molecular weight is 286 g/mol. The molecule has 0 fully saturated rings. The highest BCUT2D eigenvalue weighted by Gasteiger charge is 2.10. The van der Waals surface area contributed by atoms with Crippen LogP contribution in [-0.2, 0) is 6.42 Å². The molecule has 0 unspecified atom stereocenters. The second-order valence-electron chi connectivity index (χ2n) is 5.42. The fourth-order valence-electron chi connectivity index (χ4n) is 2.84. The van der Waals surface area contributed by atoms with Crippen molar-refractivity contribution >= 4 is 21.7 Å². The van der Waals surface area contributed by atoms with Crippen LogP contribution >= 0.6 is 0 Å². The molecule has 4 aromatic rings. The quantitative estimate of drug-likeness (QED) is 0.506. The molecule has 0 amide bonds. The van der Waals surface area contributed by atoms with Gasteiger partial charge in [-0.3, -0.25) is 4.79 Å². The first-order chi connectivity index (χ1) is 10.8. The maximum atomic E-state index is 12.7. The lowest BCUT2D eigenvalue weighted by atomic mass is 10.0. The van der Waals surface area contributed by atoms with Gasteiger partial charge in [0.15, 0.2) is 5.43 Å². The lowest BCUT2D eigenvalue weighted by molar-refractivity contribution is 0.598. The highest BCUT2D eigenvalue weighted by atomic mass is 16.3. The SMILES string of the molecule is O=c1c(Cc2ccccc2)coc2c1ccc1ccccc12. The van der Waals surface area contributed by atoms with Crippen LogP contribution in [0.2, 0.25) is 0 Å². The Morgan fingerprint density at radius 1 is 0.773 bits per heavy atom. The van der Waals surface area contributed by atoms with Crippen LogP contribution in [0, 0.1) is 0 Å². The number of rotatable bonds is 2. The molecule has 0 saturated carbocycles. The predicted molar refractivity (Wildman–Crippen MR) is 89.2 cm³/mol. The highest BCUT2D eigenvalue weighted by molar-refractivity contribution is 6.03. The van der Waals surface area contributed by atoms with Gasteiger partial charge in [-0.2, -0.15) is 0 Å². The summed E-state index contributed by atoms with van der Waals surface area (Å²) in [6, 6.07) is 21.7. The predicted octanol–water partition coefficient (Wildman–Crippen LogP) is 4.54. The van der Waals surface area contributed by atoms with Crippen LogP contribution in [0.25, 0.3) is 21.7 Å². The van der Waals surface area contributed by atoms with E-state index in [0.29, 0.717) is 23.0 Å². The van der Waals surface area contributed by atoms with E-state index in [4.69, 9.17) is 4.42 Å².